The lowest BCUT2D eigenvalue weighted by Gasteiger charge is -2.37. The highest BCUT2D eigenvalue weighted by molar-refractivity contribution is 5.78. The molecule has 0 amide bonds. The normalized spacial score (nSPS) is 22.1. The van der Waals surface area contributed by atoms with E-state index in [1.807, 2.05) is 6.92 Å². The molecular weight excluding hydrogens is 204 g/mol. The Morgan fingerprint density at radius 3 is 2.94 bits per heavy atom. The maximum atomic E-state index is 11.4. The highest BCUT2D eigenvalue weighted by atomic mass is 16.4. The molecule has 16 heavy (non-hydrogen) atoms. The molecule has 1 unspecified atom stereocenters. The van der Waals surface area contributed by atoms with Crippen molar-refractivity contribution in [2.24, 2.45) is 0 Å². The highest BCUT2D eigenvalue weighted by Crippen LogP contribution is 2.22. The smallest absolute Gasteiger partial charge is 0.323 e. The lowest BCUT2D eigenvalue weighted by molar-refractivity contribution is -0.151. The van der Waals surface area contributed by atoms with E-state index in [0.717, 1.165) is 39.0 Å². The Kier molecular flexibility index (Phi) is 4.96. The minimum atomic E-state index is -0.750. The minimum absolute atomic E-state index is 0.631. The van der Waals surface area contributed by atoms with Gasteiger partial charge in [-0.15, -0.1) is 6.58 Å². The van der Waals surface area contributed by atoms with Gasteiger partial charge in [-0.1, -0.05) is 6.08 Å². The van der Waals surface area contributed by atoms with Gasteiger partial charge in [0.2, 0.25) is 0 Å². The molecule has 1 atom stereocenters. The molecule has 1 saturated heterocycles. The Balaban J connectivity index is 2.72. The van der Waals surface area contributed by atoms with E-state index in [1.54, 1.807) is 6.08 Å². The van der Waals surface area contributed by atoms with Gasteiger partial charge in [0.1, 0.15) is 5.54 Å². The summed E-state index contributed by atoms with van der Waals surface area (Å²) in [6.07, 6.45) is 4.17. The molecule has 1 heterocycles. The number of carboxylic acid groups (broad SMARTS) is 1. The molecule has 92 valence electrons. The van der Waals surface area contributed by atoms with Crippen LogP contribution in [0.25, 0.3) is 0 Å². The largest absolute Gasteiger partial charge is 0.480 e. The molecule has 1 rings (SSSR count). The van der Waals surface area contributed by atoms with Crippen LogP contribution in [-0.4, -0.2) is 47.7 Å². The third kappa shape index (κ3) is 3.06. The number of carboxylic acids is 1. The van der Waals surface area contributed by atoms with Crippen molar-refractivity contribution in [2.75, 3.05) is 26.2 Å². The van der Waals surface area contributed by atoms with Crippen LogP contribution in [-0.2, 0) is 4.79 Å². The number of carbonyl (C=O) groups is 1. The molecule has 0 aliphatic carbocycles. The van der Waals surface area contributed by atoms with Gasteiger partial charge in [0.25, 0.3) is 0 Å². The van der Waals surface area contributed by atoms with E-state index in [0.29, 0.717) is 6.42 Å². The first-order chi connectivity index (χ1) is 7.61. The zero-order chi connectivity index (χ0) is 12.0. The SMILES string of the molecule is C=CCCC(C)(C(=O)O)N1CCCNCC1. The summed E-state index contributed by atoms with van der Waals surface area (Å²) in [6, 6.07) is 0. The fraction of sp³-hybridized carbons (Fsp3) is 0.750. The summed E-state index contributed by atoms with van der Waals surface area (Å²) in [5, 5.41) is 12.7. The van der Waals surface area contributed by atoms with E-state index < -0.39 is 11.5 Å². The number of hydrogen-bond donors (Lipinski definition) is 2. The van der Waals surface area contributed by atoms with Crippen LogP contribution in [0.1, 0.15) is 26.2 Å². The molecular formula is C12H22N2O2. The Morgan fingerprint density at radius 2 is 2.31 bits per heavy atom. The second-order valence-electron chi connectivity index (χ2n) is 4.50. The molecule has 0 saturated carbocycles. The maximum Gasteiger partial charge on any atom is 0.323 e. The summed E-state index contributed by atoms with van der Waals surface area (Å²) < 4.78 is 0. The molecule has 0 aromatic heterocycles. The first-order valence-corrected chi connectivity index (χ1v) is 5.91. The first-order valence-electron chi connectivity index (χ1n) is 5.91. The molecule has 0 aromatic rings. The van der Waals surface area contributed by atoms with Crippen LogP contribution in [0.3, 0.4) is 0 Å². The van der Waals surface area contributed by atoms with Crippen molar-refractivity contribution in [1.82, 2.24) is 10.2 Å². The lowest BCUT2D eigenvalue weighted by atomic mass is 9.93. The van der Waals surface area contributed by atoms with E-state index in [4.69, 9.17) is 0 Å². The Hall–Kier alpha value is -0.870. The van der Waals surface area contributed by atoms with Gasteiger partial charge in [-0.3, -0.25) is 9.69 Å². The van der Waals surface area contributed by atoms with E-state index in [-0.39, 0.29) is 0 Å². The summed E-state index contributed by atoms with van der Waals surface area (Å²) in [5.74, 6) is -0.726. The first kappa shape index (κ1) is 13.2. The molecule has 0 spiro atoms. The van der Waals surface area contributed by atoms with Crippen molar-refractivity contribution < 1.29 is 9.90 Å². The zero-order valence-electron chi connectivity index (χ0n) is 10.0. The number of nitrogens with zero attached hydrogens (tertiary/aromatic N) is 1. The average Bonchev–Trinajstić information content (AvgIpc) is 2.54. The third-order valence-corrected chi connectivity index (χ3v) is 3.33. The van der Waals surface area contributed by atoms with Crippen LogP contribution in [0.5, 0.6) is 0 Å². The Bertz CT molecular complexity index is 247. The molecule has 1 aliphatic rings. The molecule has 4 heteroatoms. The molecule has 0 aromatic carbocycles. The lowest BCUT2D eigenvalue weighted by Crippen LogP contribution is -2.53. The van der Waals surface area contributed by atoms with Crippen LogP contribution < -0.4 is 5.32 Å². The summed E-state index contributed by atoms with van der Waals surface area (Å²) in [6.45, 7) is 9.00. The van der Waals surface area contributed by atoms with Crippen molar-refractivity contribution in [1.29, 1.82) is 0 Å². The van der Waals surface area contributed by atoms with Crippen LogP contribution in [0.15, 0.2) is 12.7 Å². The third-order valence-electron chi connectivity index (χ3n) is 3.33. The molecule has 0 radical (unpaired) electrons. The number of nitrogens with one attached hydrogen (secondary N) is 1. The van der Waals surface area contributed by atoms with Gasteiger partial charge in [-0.05, 0) is 32.7 Å². The van der Waals surface area contributed by atoms with Gasteiger partial charge < -0.3 is 10.4 Å². The van der Waals surface area contributed by atoms with E-state index in [2.05, 4.69) is 16.8 Å². The Morgan fingerprint density at radius 1 is 1.56 bits per heavy atom. The predicted molar refractivity (Wildman–Crippen MR) is 64.5 cm³/mol. The zero-order valence-corrected chi connectivity index (χ0v) is 10.0. The molecule has 2 N–H and O–H groups in total. The highest BCUT2D eigenvalue weighted by Gasteiger charge is 2.38. The van der Waals surface area contributed by atoms with Crippen LogP contribution in [0, 0.1) is 0 Å². The van der Waals surface area contributed by atoms with Crippen molar-refractivity contribution in [3.05, 3.63) is 12.7 Å². The van der Waals surface area contributed by atoms with Gasteiger partial charge in [-0.25, -0.2) is 0 Å². The Labute approximate surface area is 97.3 Å². The quantitative estimate of drug-likeness (QED) is 0.689. The summed E-state index contributed by atoms with van der Waals surface area (Å²) in [5.41, 5.74) is -0.750. The number of rotatable bonds is 5. The van der Waals surface area contributed by atoms with Gasteiger partial charge in [0.15, 0.2) is 0 Å². The molecule has 0 bridgehead atoms. The standard InChI is InChI=1S/C12H22N2O2/c1-3-4-6-12(2,11(15)16)14-9-5-7-13-8-10-14/h3,13H,1,4-10H2,2H3,(H,15,16). The van der Waals surface area contributed by atoms with Crippen molar-refractivity contribution >= 4 is 5.97 Å². The second-order valence-corrected chi connectivity index (χ2v) is 4.50. The van der Waals surface area contributed by atoms with E-state index in [9.17, 15) is 9.90 Å². The van der Waals surface area contributed by atoms with Gasteiger partial charge >= 0.3 is 5.97 Å². The van der Waals surface area contributed by atoms with Crippen molar-refractivity contribution in [3.8, 4) is 0 Å². The summed E-state index contributed by atoms with van der Waals surface area (Å²) >= 11 is 0. The van der Waals surface area contributed by atoms with Gasteiger partial charge in [-0.2, -0.15) is 0 Å². The number of allylic oxidation sites excluding steroid dienone is 1. The van der Waals surface area contributed by atoms with Gasteiger partial charge in [0, 0.05) is 19.6 Å². The van der Waals surface area contributed by atoms with Crippen LogP contribution in [0.4, 0.5) is 0 Å². The second kappa shape index (κ2) is 6.01. The predicted octanol–water partition coefficient (Wildman–Crippen LogP) is 1.09. The van der Waals surface area contributed by atoms with Crippen LogP contribution in [0.2, 0.25) is 0 Å². The van der Waals surface area contributed by atoms with E-state index >= 15 is 0 Å². The van der Waals surface area contributed by atoms with Crippen molar-refractivity contribution in [2.45, 2.75) is 31.7 Å². The molecule has 1 aliphatic heterocycles. The number of aliphatic carboxylic acids is 1. The maximum absolute atomic E-state index is 11.4. The molecule has 1 fully saturated rings. The summed E-state index contributed by atoms with van der Waals surface area (Å²) in [7, 11) is 0. The molecule has 4 nitrogen and oxygen atoms in total. The van der Waals surface area contributed by atoms with Gasteiger partial charge in [0.05, 0.1) is 0 Å². The van der Waals surface area contributed by atoms with E-state index in [1.165, 1.54) is 0 Å². The monoisotopic (exact) mass is 226 g/mol. The topological polar surface area (TPSA) is 52.6 Å². The summed E-state index contributed by atoms with van der Waals surface area (Å²) in [4.78, 5) is 13.5. The minimum Gasteiger partial charge on any atom is -0.480 e. The van der Waals surface area contributed by atoms with Crippen molar-refractivity contribution in [3.63, 3.8) is 0 Å². The average molecular weight is 226 g/mol. The fourth-order valence-corrected chi connectivity index (χ4v) is 2.12. The number of hydrogen-bond acceptors (Lipinski definition) is 3. The van der Waals surface area contributed by atoms with Crippen LogP contribution >= 0.6 is 0 Å². The fourth-order valence-electron chi connectivity index (χ4n) is 2.12.